The highest BCUT2D eigenvalue weighted by Gasteiger charge is 2.45. The van der Waals surface area contributed by atoms with E-state index in [1.165, 1.54) is 12.1 Å². The number of benzene rings is 1. The fraction of sp³-hybridized carbons (Fsp3) is 0.476. The van der Waals surface area contributed by atoms with Crippen LogP contribution in [-0.2, 0) is 16.6 Å². The van der Waals surface area contributed by atoms with Gasteiger partial charge in [0, 0.05) is 19.6 Å². The van der Waals surface area contributed by atoms with Gasteiger partial charge in [-0.05, 0) is 74.5 Å². The van der Waals surface area contributed by atoms with Gasteiger partial charge in [0.1, 0.15) is 11.5 Å². The first-order valence-corrected chi connectivity index (χ1v) is 11.1. The van der Waals surface area contributed by atoms with Gasteiger partial charge in [-0.15, -0.1) is 0 Å². The summed E-state index contributed by atoms with van der Waals surface area (Å²) < 4.78 is 33.4. The van der Waals surface area contributed by atoms with Gasteiger partial charge in [-0.25, -0.2) is 8.42 Å². The molecule has 2 fully saturated rings. The molecule has 1 aromatic heterocycles. The smallest absolute Gasteiger partial charge is 0.243 e. The molecule has 1 aromatic carbocycles. The van der Waals surface area contributed by atoms with Crippen molar-refractivity contribution in [2.75, 3.05) is 26.2 Å². The van der Waals surface area contributed by atoms with Crippen molar-refractivity contribution < 1.29 is 12.8 Å². The maximum atomic E-state index is 13.0. The zero-order valence-electron chi connectivity index (χ0n) is 16.1. The second-order valence-corrected chi connectivity index (χ2v) is 9.99. The van der Waals surface area contributed by atoms with Crippen LogP contribution in [-0.4, -0.2) is 43.8 Å². The molecule has 3 heterocycles. The number of nitrogens with zero attached hydrogens (tertiary/aromatic N) is 3. The number of nitriles is 1. The van der Waals surface area contributed by atoms with Crippen LogP contribution in [0.2, 0.25) is 0 Å². The molecule has 2 aliphatic heterocycles. The van der Waals surface area contributed by atoms with Crippen molar-refractivity contribution in [3.63, 3.8) is 0 Å². The van der Waals surface area contributed by atoms with E-state index in [-0.39, 0.29) is 10.3 Å². The second kappa shape index (κ2) is 7.36. The van der Waals surface area contributed by atoms with Crippen molar-refractivity contribution >= 4 is 10.0 Å². The van der Waals surface area contributed by atoms with Crippen molar-refractivity contribution in [2.45, 2.75) is 37.6 Å². The van der Waals surface area contributed by atoms with Gasteiger partial charge in [0.15, 0.2) is 0 Å². The first kappa shape index (κ1) is 19.2. The van der Waals surface area contributed by atoms with E-state index < -0.39 is 10.0 Å². The van der Waals surface area contributed by atoms with Gasteiger partial charge in [-0.2, -0.15) is 9.57 Å². The Labute approximate surface area is 166 Å². The summed E-state index contributed by atoms with van der Waals surface area (Å²) in [6.07, 6.45) is 3.01. The molecule has 7 heteroatoms. The van der Waals surface area contributed by atoms with Crippen LogP contribution >= 0.6 is 0 Å². The lowest BCUT2D eigenvalue weighted by molar-refractivity contribution is 0.0877. The number of hydrogen-bond donors (Lipinski definition) is 0. The van der Waals surface area contributed by atoms with Crippen molar-refractivity contribution in [3.05, 3.63) is 53.5 Å². The van der Waals surface area contributed by atoms with Crippen LogP contribution in [0.3, 0.4) is 0 Å². The summed E-state index contributed by atoms with van der Waals surface area (Å²) in [5.41, 5.74) is 0.479. The molecule has 2 aliphatic rings. The average Bonchev–Trinajstić information content (AvgIpc) is 3.28. The maximum Gasteiger partial charge on any atom is 0.243 e. The van der Waals surface area contributed by atoms with Crippen molar-refractivity contribution in [2.24, 2.45) is 5.41 Å². The van der Waals surface area contributed by atoms with Gasteiger partial charge in [0.2, 0.25) is 10.0 Å². The summed E-state index contributed by atoms with van der Waals surface area (Å²) in [7, 11) is -3.53. The number of rotatable bonds is 4. The largest absolute Gasteiger partial charge is 0.465 e. The van der Waals surface area contributed by atoms with E-state index in [1.807, 2.05) is 25.1 Å². The Hall–Kier alpha value is -2.14. The van der Waals surface area contributed by atoms with E-state index in [0.29, 0.717) is 18.7 Å². The molecule has 0 radical (unpaired) electrons. The van der Waals surface area contributed by atoms with Crippen molar-refractivity contribution in [1.82, 2.24) is 9.21 Å². The predicted octanol–water partition coefficient (Wildman–Crippen LogP) is 3.14. The summed E-state index contributed by atoms with van der Waals surface area (Å²) in [5.74, 6) is 1.89. The minimum atomic E-state index is -3.53. The van der Waals surface area contributed by atoms with Gasteiger partial charge in [-0.1, -0.05) is 0 Å². The SMILES string of the molecule is Cc1ccc(CN2CCC[C@@]3(CCN(S(=O)(=O)c4ccc(C#N)cc4)C3)C2)o1. The minimum absolute atomic E-state index is 0.0134. The third-order valence-corrected chi connectivity index (χ3v) is 7.80. The zero-order valence-corrected chi connectivity index (χ0v) is 16.9. The Morgan fingerprint density at radius 3 is 2.57 bits per heavy atom. The van der Waals surface area contributed by atoms with E-state index in [4.69, 9.17) is 9.68 Å². The Balaban J connectivity index is 1.46. The molecule has 0 aliphatic carbocycles. The molecule has 0 amide bonds. The molecule has 2 saturated heterocycles. The molecule has 0 N–H and O–H groups in total. The van der Waals surface area contributed by atoms with Gasteiger partial charge in [0.05, 0.1) is 23.1 Å². The average molecular weight is 400 g/mol. The van der Waals surface area contributed by atoms with Crippen molar-refractivity contribution in [1.29, 1.82) is 5.26 Å². The molecular formula is C21H25N3O3S. The highest BCUT2D eigenvalue weighted by atomic mass is 32.2. The standard InChI is InChI=1S/C21H25N3O3S/c1-17-3-6-19(27-17)14-23-11-2-9-21(15-23)10-12-24(16-21)28(25,26)20-7-4-18(13-22)5-8-20/h3-8H,2,9-12,14-16H2,1H3/t21-/m1/s1. The molecule has 0 bridgehead atoms. The molecule has 148 valence electrons. The van der Waals surface area contributed by atoms with E-state index in [9.17, 15) is 8.42 Å². The lowest BCUT2D eigenvalue weighted by Gasteiger charge is -2.40. The lowest BCUT2D eigenvalue weighted by atomic mass is 9.79. The van der Waals surface area contributed by atoms with Crippen LogP contribution in [0.25, 0.3) is 0 Å². The summed E-state index contributed by atoms with van der Waals surface area (Å²) in [6, 6.07) is 12.2. The first-order chi connectivity index (χ1) is 13.4. The van der Waals surface area contributed by atoms with Crippen LogP contribution in [0.5, 0.6) is 0 Å². The third-order valence-electron chi connectivity index (χ3n) is 5.94. The number of aryl methyl sites for hydroxylation is 1. The Bertz CT molecular complexity index is 991. The molecular weight excluding hydrogens is 374 g/mol. The van der Waals surface area contributed by atoms with Gasteiger partial charge < -0.3 is 4.42 Å². The second-order valence-electron chi connectivity index (χ2n) is 8.05. The van der Waals surface area contributed by atoms with Crippen molar-refractivity contribution in [3.8, 4) is 6.07 Å². The Morgan fingerprint density at radius 2 is 1.89 bits per heavy atom. The van der Waals surface area contributed by atoms with Gasteiger partial charge in [-0.3, -0.25) is 4.90 Å². The van der Waals surface area contributed by atoms with Crippen LogP contribution in [0, 0.1) is 23.7 Å². The summed E-state index contributed by atoms with van der Waals surface area (Å²) in [5, 5.41) is 8.92. The molecule has 1 atom stereocenters. The maximum absolute atomic E-state index is 13.0. The Morgan fingerprint density at radius 1 is 1.11 bits per heavy atom. The molecule has 28 heavy (non-hydrogen) atoms. The topological polar surface area (TPSA) is 77.5 Å². The van der Waals surface area contributed by atoms with E-state index >= 15 is 0 Å². The monoisotopic (exact) mass is 399 g/mol. The number of furan rings is 1. The fourth-order valence-corrected chi connectivity index (χ4v) is 6.07. The van der Waals surface area contributed by atoms with Crippen LogP contribution in [0.15, 0.2) is 45.7 Å². The van der Waals surface area contributed by atoms with E-state index in [0.717, 1.165) is 50.4 Å². The fourth-order valence-electron chi connectivity index (χ4n) is 4.52. The minimum Gasteiger partial charge on any atom is -0.465 e. The van der Waals surface area contributed by atoms with Crippen LogP contribution < -0.4 is 0 Å². The zero-order chi connectivity index (χ0) is 19.8. The highest BCUT2D eigenvalue weighted by molar-refractivity contribution is 7.89. The number of likely N-dealkylation sites (tertiary alicyclic amines) is 1. The molecule has 4 rings (SSSR count). The number of sulfonamides is 1. The molecule has 1 spiro atoms. The van der Waals surface area contributed by atoms with Gasteiger partial charge in [0.25, 0.3) is 0 Å². The highest BCUT2D eigenvalue weighted by Crippen LogP contribution is 2.41. The quantitative estimate of drug-likeness (QED) is 0.789. The summed E-state index contributed by atoms with van der Waals surface area (Å²) in [4.78, 5) is 2.65. The molecule has 0 saturated carbocycles. The summed E-state index contributed by atoms with van der Waals surface area (Å²) in [6.45, 7) is 5.75. The molecule has 6 nitrogen and oxygen atoms in total. The predicted molar refractivity (Wildman–Crippen MR) is 105 cm³/mol. The normalized spacial score (nSPS) is 23.9. The summed E-state index contributed by atoms with van der Waals surface area (Å²) >= 11 is 0. The van der Waals surface area contributed by atoms with E-state index in [2.05, 4.69) is 4.90 Å². The first-order valence-electron chi connectivity index (χ1n) is 9.68. The number of hydrogen-bond acceptors (Lipinski definition) is 5. The lowest BCUT2D eigenvalue weighted by Crippen LogP contribution is -2.44. The van der Waals surface area contributed by atoms with Gasteiger partial charge >= 0.3 is 0 Å². The Kier molecular flexibility index (Phi) is 5.04. The number of piperidine rings is 1. The molecule has 2 aromatic rings. The van der Waals surface area contributed by atoms with E-state index in [1.54, 1.807) is 16.4 Å². The van der Waals surface area contributed by atoms with Crippen LogP contribution in [0.4, 0.5) is 0 Å². The third kappa shape index (κ3) is 3.72. The van der Waals surface area contributed by atoms with Crippen LogP contribution in [0.1, 0.15) is 36.3 Å². The molecule has 0 unspecified atom stereocenters.